The summed E-state index contributed by atoms with van der Waals surface area (Å²) in [6.07, 6.45) is 0. The van der Waals surface area contributed by atoms with E-state index in [1.165, 1.54) is 0 Å². The predicted molar refractivity (Wildman–Crippen MR) is 83.5 cm³/mol. The monoisotopic (exact) mass is 291 g/mol. The van der Waals surface area contributed by atoms with Gasteiger partial charge < -0.3 is 16.0 Å². The number of hydrogen-bond acceptors (Lipinski definition) is 3. The topological polar surface area (TPSA) is 75.4 Å². The number of rotatable bonds is 6. The molecule has 0 spiro atoms. The number of aryl methyl sites for hydroxylation is 1. The molecule has 0 heterocycles. The molecule has 116 valence electrons. The second-order valence-corrected chi connectivity index (χ2v) is 5.73. The lowest BCUT2D eigenvalue weighted by molar-refractivity contribution is -0.132. The molecule has 1 aromatic carbocycles. The molecule has 0 aromatic heterocycles. The summed E-state index contributed by atoms with van der Waals surface area (Å²) >= 11 is 0. The van der Waals surface area contributed by atoms with Crippen LogP contribution in [0.25, 0.3) is 0 Å². The first-order valence-electron chi connectivity index (χ1n) is 7.14. The second kappa shape index (κ2) is 7.78. The molecule has 0 saturated heterocycles. The normalized spacial score (nSPS) is 12.1. The summed E-state index contributed by atoms with van der Waals surface area (Å²) in [6.45, 7) is 6.25. The van der Waals surface area contributed by atoms with Crippen LogP contribution < -0.4 is 11.1 Å². The molecular formula is C16H25N3O2. The third kappa shape index (κ3) is 5.55. The first-order chi connectivity index (χ1) is 9.81. The molecule has 21 heavy (non-hydrogen) atoms. The zero-order valence-electron chi connectivity index (χ0n) is 13.2. The van der Waals surface area contributed by atoms with Crippen molar-refractivity contribution in [2.24, 2.45) is 11.7 Å². The summed E-state index contributed by atoms with van der Waals surface area (Å²) in [7, 11) is 1.72. The van der Waals surface area contributed by atoms with Crippen LogP contribution >= 0.6 is 0 Å². The Labute approximate surface area is 126 Å². The fourth-order valence-corrected chi connectivity index (χ4v) is 1.89. The van der Waals surface area contributed by atoms with Gasteiger partial charge in [-0.05, 0) is 18.4 Å². The Morgan fingerprint density at radius 1 is 1.33 bits per heavy atom. The van der Waals surface area contributed by atoms with Crippen LogP contribution in [0.3, 0.4) is 0 Å². The van der Waals surface area contributed by atoms with Gasteiger partial charge in [-0.3, -0.25) is 9.59 Å². The SMILES string of the molecule is Cc1cccc(CN(C)C(=O)CNC(=O)[C@@H](N)C(C)C)c1. The molecule has 1 aromatic rings. The Morgan fingerprint density at radius 3 is 2.57 bits per heavy atom. The Bertz CT molecular complexity index is 500. The van der Waals surface area contributed by atoms with Crippen molar-refractivity contribution < 1.29 is 9.59 Å². The van der Waals surface area contributed by atoms with E-state index in [0.29, 0.717) is 6.54 Å². The van der Waals surface area contributed by atoms with E-state index in [4.69, 9.17) is 5.73 Å². The van der Waals surface area contributed by atoms with Gasteiger partial charge in [0, 0.05) is 13.6 Å². The summed E-state index contributed by atoms with van der Waals surface area (Å²) in [6, 6.07) is 7.41. The number of likely N-dealkylation sites (N-methyl/N-ethyl adjacent to an activating group) is 1. The Morgan fingerprint density at radius 2 is 2.00 bits per heavy atom. The van der Waals surface area contributed by atoms with E-state index >= 15 is 0 Å². The average molecular weight is 291 g/mol. The predicted octanol–water partition coefficient (Wildman–Crippen LogP) is 1.05. The van der Waals surface area contributed by atoms with Gasteiger partial charge in [-0.15, -0.1) is 0 Å². The van der Waals surface area contributed by atoms with Gasteiger partial charge in [0.15, 0.2) is 0 Å². The summed E-state index contributed by atoms with van der Waals surface area (Å²) in [5.74, 6) is -0.381. The van der Waals surface area contributed by atoms with Crippen LogP contribution in [0.1, 0.15) is 25.0 Å². The summed E-state index contributed by atoms with van der Waals surface area (Å²) in [5.41, 5.74) is 7.95. The highest BCUT2D eigenvalue weighted by atomic mass is 16.2. The molecule has 0 aliphatic rings. The van der Waals surface area contributed by atoms with Crippen molar-refractivity contribution in [1.82, 2.24) is 10.2 Å². The van der Waals surface area contributed by atoms with Crippen LogP contribution in [0.5, 0.6) is 0 Å². The van der Waals surface area contributed by atoms with Gasteiger partial charge in [-0.1, -0.05) is 43.7 Å². The molecule has 0 aliphatic heterocycles. The second-order valence-electron chi connectivity index (χ2n) is 5.73. The van der Waals surface area contributed by atoms with E-state index in [9.17, 15) is 9.59 Å². The molecule has 1 atom stereocenters. The fraction of sp³-hybridized carbons (Fsp3) is 0.500. The molecule has 5 nitrogen and oxygen atoms in total. The summed E-state index contributed by atoms with van der Waals surface area (Å²) in [4.78, 5) is 25.3. The number of benzene rings is 1. The van der Waals surface area contributed by atoms with Crippen LogP contribution in [-0.4, -0.2) is 36.3 Å². The maximum atomic E-state index is 12.0. The lowest BCUT2D eigenvalue weighted by Crippen LogP contribution is -2.47. The maximum Gasteiger partial charge on any atom is 0.242 e. The van der Waals surface area contributed by atoms with Crippen molar-refractivity contribution in [3.8, 4) is 0 Å². The third-order valence-corrected chi connectivity index (χ3v) is 3.36. The summed E-state index contributed by atoms with van der Waals surface area (Å²) in [5, 5.41) is 2.59. The standard InChI is InChI=1S/C16H25N3O2/c1-11(2)15(17)16(21)18-9-14(20)19(4)10-13-7-5-6-12(3)8-13/h5-8,11,15H,9-10,17H2,1-4H3,(H,18,21)/t15-/m0/s1. The first-order valence-corrected chi connectivity index (χ1v) is 7.14. The van der Waals surface area contributed by atoms with E-state index in [1.807, 2.05) is 45.0 Å². The Kier molecular flexibility index (Phi) is 6.37. The Balaban J connectivity index is 2.46. The highest BCUT2D eigenvalue weighted by Crippen LogP contribution is 2.06. The largest absolute Gasteiger partial charge is 0.346 e. The first kappa shape index (κ1) is 17.2. The van der Waals surface area contributed by atoms with Crippen molar-refractivity contribution in [3.63, 3.8) is 0 Å². The number of carbonyl (C=O) groups excluding carboxylic acids is 2. The van der Waals surface area contributed by atoms with Crippen LogP contribution in [0, 0.1) is 12.8 Å². The van der Waals surface area contributed by atoms with Crippen LogP contribution in [-0.2, 0) is 16.1 Å². The number of hydrogen-bond donors (Lipinski definition) is 2. The van der Waals surface area contributed by atoms with Crippen LogP contribution in [0.15, 0.2) is 24.3 Å². The highest BCUT2D eigenvalue weighted by molar-refractivity contribution is 5.87. The molecule has 2 amide bonds. The Hall–Kier alpha value is -1.88. The minimum absolute atomic E-state index is 0.0262. The lowest BCUT2D eigenvalue weighted by atomic mass is 10.1. The molecule has 0 fully saturated rings. The highest BCUT2D eigenvalue weighted by Gasteiger charge is 2.18. The zero-order chi connectivity index (χ0) is 16.0. The molecule has 0 radical (unpaired) electrons. The summed E-state index contributed by atoms with van der Waals surface area (Å²) < 4.78 is 0. The van der Waals surface area contributed by atoms with Crippen molar-refractivity contribution >= 4 is 11.8 Å². The molecule has 5 heteroatoms. The van der Waals surface area contributed by atoms with E-state index < -0.39 is 6.04 Å². The van der Waals surface area contributed by atoms with Crippen molar-refractivity contribution in [2.75, 3.05) is 13.6 Å². The number of amides is 2. The molecule has 1 rings (SSSR count). The average Bonchev–Trinajstić information content (AvgIpc) is 2.43. The van der Waals surface area contributed by atoms with Gasteiger partial charge in [0.1, 0.15) is 0 Å². The van der Waals surface area contributed by atoms with E-state index in [2.05, 4.69) is 5.32 Å². The zero-order valence-corrected chi connectivity index (χ0v) is 13.2. The smallest absolute Gasteiger partial charge is 0.242 e. The molecule has 0 aliphatic carbocycles. The van der Waals surface area contributed by atoms with Crippen molar-refractivity contribution in [2.45, 2.75) is 33.4 Å². The molecule has 0 unspecified atom stereocenters. The number of nitrogens with two attached hydrogens (primary N) is 1. The van der Waals surface area contributed by atoms with E-state index in [0.717, 1.165) is 11.1 Å². The van der Waals surface area contributed by atoms with Gasteiger partial charge in [0.25, 0.3) is 0 Å². The number of nitrogens with zero attached hydrogens (tertiary/aromatic N) is 1. The van der Waals surface area contributed by atoms with Gasteiger partial charge in [-0.2, -0.15) is 0 Å². The van der Waals surface area contributed by atoms with E-state index in [-0.39, 0.29) is 24.3 Å². The van der Waals surface area contributed by atoms with Crippen molar-refractivity contribution in [3.05, 3.63) is 35.4 Å². The van der Waals surface area contributed by atoms with Gasteiger partial charge >= 0.3 is 0 Å². The molecule has 0 saturated carbocycles. The van der Waals surface area contributed by atoms with Gasteiger partial charge in [0.05, 0.1) is 12.6 Å². The fourth-order valence-electron chi connectivity index (χ4n) is 1.89. The third-order valence-electron chi connectivity index (χ3n) is 3.36. The number of nitrogens with one attached hydrogen (secondary N) is 1. The molecule has 0 bridgehead atoms. The molecular weight excluding hydrogens is 266 g/mol. The minimum Gasteiger partial charge on any atom is -0.346 e. The van der Waals surface area contributed by atoms with Gasteiger partial charge in [0.2, 0.25) is 11.8 Å². The van der Waals surface area contributed by atoms with Crippen LogP contribution in [0.2, 0.25) is 0 Å². The van der Waals surface area contributed by atoms with E-state index in [1.54, 1.807) is 11.9 Å². The van der Waals surface area contributed by atoms with Crippen molar-refractivity contribution in [1.29, 1.82) is 0 Å². The minimum atomic E-state index is -0.583. The van der Waals surface area contributed by atoms with Gasteiger partial charge in [-0.25, -0.2) is 0 Å². The maximum absolute atomic E-state index is 12.0. The lowest BCUT2D eigenvalue weighted by Gasteiger charge is -2.19. The van der Waals surface area contributed by atoms with Crippen LogP contribution in [0.4, 0.5) is 0 Å². The quantitative estimate of drug-likeness (QED) is 0.822. The number of carbonyl (C=O) groups is 2. The molecule has 3 N–H and O–H groups in total.